The number of halogens is 3. The normalized spacial score (nSPS) is 17.7. The first kappa shape index (κ1) is 36.9. The summed E-state index contributed by atoms with van der Waals surface area (Å²) in [7, 11) is -2.62. The molecule has 200 valence electrons. The molecule has 0 N–H and O–H groups in total. The van der Waals surface area contributed by atoms with Gasteiger partial charge in [0.05, 0.1) is 0 Å². The summed E-state index contributed by atoms with van der Waals surface area (Å²) in [5, 5.41) is 4.32. The summed E-state index contributed by atoms with van der Waals surface area (Å²) >= 11 is 0. The summed E-state index contributed by atoms with van der Waals surface area (Å²) in [5.74, 6) is 0. The Morgan fingerprint density at radius 2 is 1.26 bits per heavy atom. The molecule has 38 heavy (non-hydrogen) atoms. The van der Waals surface area contributed by atoms with Gasteiger partial charge < -0.3 is 37.2 Å². The second kappa shape index (κ2) is 14.5. The second-order valence-electron chi connectivity index (χ2n) is 10.2. The van der Waals surface area contributed by atoms with E-state index in [1.807, 2.05) is 0 Å². The van der Waals surface area contributed by atoms with Gasteiger partial charge in [0.25, 0.3) is 0 Å². The van der Waals surface area contributed by atoms with Crippen LogP contribution in [0.25, 0.3) is 0 Å². The fourth-order valence-electron chi connectivity index (χ4n) is 6.15. The van der Waals surface area contributed by atoms with E-state index in [-0.39, 0.29) is 64.0 Å². The average Bonchev–Trinajstić information content (AvgIpc) is 3.05. The zero-order chi connectivity index (χ0) is 24.7. The largest absolute Gasteiger partial charge is 4.00 e. The van der Waals surface area contributed by atoms with Crippen molar-refractivity contribution >= 4 is 23.6 Å². The van der Waals surface area contributed by atoms with Gasteiger partial charge >= 0.3 is 21.7 Å². The van der Waals surface area contributed by atoms with Crippen molar-refractivity contribution in [2.45, 2.75) is 73.3 Å². The molecule has 0 saturated carbocycles. The SMILES string of the molecule is CCc1cc(CC)cc([Si](c2ccccc2)(c2cccc(C)c2C)C2(C)[C-]=C(C)C(C)=C2C)c1.[Cl-].[Cl-].[Cl-].[Ti+4]. The summed E-state index contributed by atoms with van der Waals surface area (Å²) in [5.41, 5.74) is 9.86. The van der Waals surface area contributed by atoms with E-state index in [1.54, 1.807) is 0 Å². The van der Waals surface area contributed by atoms with E-state index in [9.17, 15) is 0 Å². The van der Waals surface area contributed by atoms with Gasteiger partial charge in [0, 0.05) is 0 Å². The van der Waals surface area contributed by atoms with E-state index in [4.69, 9.17) is 0 Å². The molecule has 2 atom stereocenters. The van der Waals surface area contributed by atoms with Crippen LogP contribution in [0.4, 0.5) is 0 Å². The zero-order valence-electron chi connectivity index (χ0n) is 23.9. The van der Waals surface area contributed by atoms with E-state index in [1.165, 1.54) is 54.5 Å². The van der Waals surface area contributed by atoms with E-state index in [0.717, 1.165) is 12.8 Å². The summed E-state index contributed by atoms with van der Waals surface area (Å²) < 4.78 is 0. The van der Waals surface area contributed by atoms with Gasteiger partial charge in [-0.2, -0.15) is 11.1 Å². The van der Waals surface area contributed by atoms with Gasteiger partial charge in [-0.3, -0.25) is 6.08 Å². The Hall–Kier alpha value is -1.06. The minimum atomic E-state index is -2.62. The van der Waals surface area contributed by atoms with Gasteiger partial charge in [-0.1, -0.05) is 106 Å². The Kier molecular flexibility index (Phi) is 14.1. The Labute approximate surface area is 265 Å². The van der Waals surface area contributed by atoms with Crippen LogP contribution in [0.3, 0.4) is 0 Å². The van der Waals surface area contributed by atoms with E-state index >= 15 is 0 Å². The summed E-state index contributed by atoms with van der Waals surface area (Å²) in [6.45, 7) is 18.5. The maximum Gasteiger partial charge on any atom is 4.00 e. The standard InChI is InChI=1S/C33H39Si.3ClH.Ti/c1-9-28-19-29(10-2)21-31(20-28)34(30-16-12-11-13-17-30,32-18-14-15-23(3)26(32)6)33(8)22-24(4)25(5)27(33)7;;;;/h11-21H,9-10H2,1-8H3;3*1H;/q-1;;;;+4/p-3. The molecule has 3 aromatic rings. The monoisotopic (exact) mass is 616 g/mol. The van der Waals surface area contributed by atoms with Crippen molar-refractivity contribution in [1.82, 2.24) is 0 Å². The van der Waals surface area contributed by atoms with Gasteiger partial charge in [-0.15, -0.1) is 6.92 Å². The first-order valence-electron chi connectivity index (χ1n) is 12.8. The van der Waals surface area contributed by atoms with Crippen LogP contribution in [0.1, 0.15) is 63.8 Å². The molecule has 4 rings (SSSR count). The van der Waals surface area contributed by atoms with Gasteiger partial charge in [-0.05, 0) is 64.5 Å². The first-order chi connectivity index (χ1) is 16.2. The quantitative estimate of drug-likeness (QED) is 0.167. The molecule has 0 nitrogen and oxygen atoms in total. The summed E-state index contributed by atoms with van der Waals surface area (Å²) in [6.07, 6.45) is 6.20. The topological polar surface area (TPSA) is 0 Å². The molecule has 0 bridgehead atoms. The third kappa shape index (κ3) is 5.85. The van der Waals surface area contributed by atoms with Crippen LogP contribution < -0.4 is 52.8 Å². The van der Waals surface area contributed by atoms with E-state index in [0.29, 0.717) is 0 Å². The fourth-order valence-corrected chi connectivity index (χ4v) is 12.5. The van der Waals surface area contributed by atoms with Crippen molar-refractivity contribution in [3.63, 3.8) is 0 Å². The molecular formula is C33H39Cl3SiTi. The molecule has 0 aromatic heterocycles. The van der Waals surface area contributed by atoms with Gasteiger partial charge in [0.15, 0.2) is 0 Å². The molecule has 0 amide bonds. The Bertz CT molecular complexity index is 1280. The number of allylic oxidation sites excluding steroid dienone is 4. The molecule has 1 aliphatic rings. The zero-order valence-corrected chi connectivity index (χ0v) is 28.7. The average molecular weight is 618 g/mol. The first-order valence-corrected chi connectivity index (χ1v) is 14.8. The minimum absolute atomic E-state index is 0. The van der Waals surface area contributed by atoms with Gasteiger partial charge in [0.1, 0.15) is 8.07 Å². The third-order valence-electron chi connectivity index (χ3n) is 8.58. The van der Waals surface area contributed by atoms with E-state index < -0.39 is 8.07 Å². The van der Waals surface area contributed by atoms with Crippen molar-refractivity contribution in [2.75, 3.05) is 0 Å². The molecule has 0 radical (unpaired) electrons. The van der Waals surface area contributed by atoms with Crippen LogP contribution in [0.5, 0.6) is 0 Å². The van der Waals surface area contributed by atoms with Gasteiger partial charge in [0.2, 0.25) is 0 Å². The summed E-state index contributed by atoms with van der Waals surface area (Å²) in [4.78, 5) is 0. The molecule has 0 heterocycles. The molecule has 0 spiro atoms. The predicted molar refractivity (Wildman–Crippen MR) is 151 cm³/mol. The fraction of sp³-hybridized carbons (Fsp3) is 0.333. The van der Waals surface area contributed by atoms with Crippen molar-refractivity contribution in [1.29, 1.82) is 0 Å². The number of benzene rings is 3. The molecule has 3 aromatic carbocycles. The maximum atomic E-state index is 4.09. The van der Waals surface area contributed by atoms with Crippen molar-refractivity contribution in [2.24, 2.45) is 0 Å². The third-order valence-corrected chi connectivity index (χ3v) is 14.3. The Balaban J connectivity index is 0.00000342. The molecule has 0 saturated heterocycles. The summed E-state index contributed by atoms with van der Waals surface area (Å²) in [6, 6.07) is 25.8. The Morgan fingerprint density at radius 1 is 0.711 bits per heavy atom. The van der Waals surface area contributed by atoms with Crippen LogP contribution in [0.2, 0.25) is 5.04 Å². The smallest absolute Gasteiger partial charge is 1.00 e. The maximum absolute atomic E-state index is 4.09. The van der Waals surface area contributed by atoms with Gasteiger partial charge in [-0.25, -0.2) is 5.57 Å². The number of hydrogen-bond acceptors (Lipinski definition) is 0. The van der Waals surface area contributed by atoms with Crippen LogP contribution in [-0.2, 0) is 34.6 Å². The number of hydrogen-bond donors (Lipinski definition) is 0. The Morgan fingerprint density at radius 3 is 1.74 bits per heavy atom. The molecule has 1 aliphatic carbocycles. The van der Waals surface area contributed by atoms with Crippen LogP contribution in [0.15, 0.2) is 83.4 Å². The molecule has 0 aliphatic heterocycles. The van der Waals surface area contributed by atoms with Crippen molar-refractivity contribution in [3.8, 4) is 0 Å². The van der Waals surface area contributed by atoms with Crippen LogP contribution in [0, 0.1) is 19.9 Å². The molecule has 5 heteroatoms. The van der Waals surface area contributed by atoms with Crippen molar-refractivity contribution < 1.29 is 58.9 Å². The predicted octanol–water partition coefficient (Wildman–Crippen LogP) is -2.23. The molecular weight excluding hydrogens is 579 g/mol. The number of aryl methyl sites for hydroxylation is 3. The number of rotatable bonds is 6. The molecule has 0 fully saturated rings. The van der Waals surface area contributed by atoms with E-state index in [2.05, 4.69) is 128 Å². The van der Waals surface area contributed by atoms with Crippen molar-refractivity contribution in [3.05, 3.63) is 112 Å². The minimum Gasteiger partial charge on any atom is -1.00 e. The second-order valence-corrected chi connectivity index (χ2v) is 14.4. The van der Waals surface area contributed by atoms with Crippen LogP contribution >= 0.6 is 0 Å². The van der Waals surface area contributed by atoms with Crippen LogP contribution in [-0.4, -0.2) is 8.07 Å². The molecule has 2 unspecified atom stereocenters.